The molecule has 0 aliphatic heterocycles. The van der Waals surface area contributed by atoms with Crippen molar-refractivity contribution in [3.05, 3.63) is 72.1 Å². The summed E-state index contributed by atoms with van der Waals surface area (Å²) in [4.78, 5) is 9.55. The summed E-state index contributed by atoms with van der Waals surface area (Å²) >= 11 is 1.71. The Labute approximate surface area is 144 Å². The first-order valence-corrected chi connectivity index (χ1v) is 8.57. The lowest BCUT2D eigenvalue weighted by atomic mass is 10.1. The van der Waals surface area contributed by atoms with Crippen molar-refractivity contribution in [1.29, 1.82) is 0 Å². The summed E-state index contributed by atoms with van der Waals surface area (Å²) in [6.45, 7) is 0. The van der Waals surface area contributed by atoms with Crippen LogP contribution in [0.4, 0.5) is 0 Å². The van der Waals surface area contributed by atoms with Gasteiger partial charge in [0, 0.05) is 11.1 Å². The standard InChI is InChI=1S/C20H16N2OS/c1-23-16-10-5-9-15(13-16)20-21-18(14-7-3-2-4-8-14)19(22-20)17-11-6-12-24-17/h2-13H,1H3,(H,21,22). The zero-order valence-electron chi connectivity index (χ0n) is 13.2. The summed E-state index contributed by atoms with van der Waals surface area (Å²) in [5.74, 6) is 1.67. The third-order valence-electron chi connectivity index (χ3n) is 3.86. The lowest BCUT2D eigenvalue weighted by Crippen LogP contribution is -1.85. The third-order valence-corrected chi connectivity index (χ3v) is 4.75. The first kappa shape index (κ1) is 14.7. The van der Waals surface area contributed by atoms with E-state index in [1.807, 2.05) is 42.5 Å². The number of aromatic nitrogens is 2. The van der Waals surface area contributed by atoms with Gasteiger partial charge in [0.05, 0.1) is 23.4 Å². The molecule has 0 radical (unpaired) electrons. The molecule has 0 amide bonds. The summed E-state index contributed by atoms with van der Waals surface area (Å²) in [6, 6.07) is 22.4. The molecule has 4 rings (SSSR count). The Morgan fingerprint density at radius 3 is 2.50 bits per heavy atom. The molecule has 118 valence electrons. The fourth-order valence-electron chi connectivity index (χ4n) is 2.68. The van der Waals surface area contributed by atoms with Gasteiger partial charge in [0.15, 0.2) is 0 Å². The van der Waals surface area contributed by atoms with E-state index in [0.29, 0.717) is 0 Å². The Balaban J connectivity index is 1.88. The van der Waals surface area contributed by atoms with Gasteiger partial charge in [-0.05, 0) is 23.6 Å². The molecule has 0 atom stereocenters. The predicted molar refractivity (Wildman–Crippen MR) is 99.3 cm³/mol. The minimum absolute atomic E-state index is 0.822. The van der Waals surface area contributed by atoms with E-state index in [2.05, 4.69) is 34.6 Å². The number of rotatable bonds is 4. The predicted octanol–water partition coefficient (Wildman–Crippen LogP) is 5.48. The van der Waals surface area contributed by atoms with Crippen molar-refractivity contribution in [2.75, 3.05) is 7.11 Å². The summed E-state index contributed by atoms with van der Waals surface area (Å²) in [5, 5.41) is 2.08. The molecule has 3 nitrogen and oxygen atoms in total. The molecule has 2 aromatic heterocycles. The maximum absolute atomic E-state index is 5.33. The first-order chi connectivity index (χ1) is 11.8. The van der Waals surface area contributed by atoms with E-state index < -0.39 is 0 Å². The number of imidazole rings is 1. The van der Waals surface area contributed by atoms with Gasteiger partial charge in [-0.25, -0.2) is 4.98 Å². The number of hydrogen-bond acceptors (Lipinski definition) is 3. The number of nitrogens with zero attached hydrogens (tertiary/aromatic N) is 1. The molecule has 4 heteroatoms. The largest absolute Gasteiger partial charge is 0.497 e. The van der Waals surface area contributed by atoms with Crippen LogP contribution in [-0.4, -0.2) is 17.1 Å². The average Bonchev–Trinajstić information content (AvgIpc) is 3.32. The molecule has 2 heterocycles. The Hall–Kier alpha value is -2.85. The van der Waals surface area contributed by atoms with Crippen molar-refractivity contribution in [3.8, 4) is 39.0 Å². The summed E-state index contributed by atoms with van der Waals surface area (Å²) in [5.41, 5.74) is 4.13. The van der Waals surface area contributed by atoms with E-state index in [1.165, 1.54) is 4.88 Å². The van der Waals surface area contributed by atoms with Crippen LogP contribution in [0.2, 0.25) is 0 Å². The molecule has 0 fully saturated rings. The smallest absolute Gasteiger partial charge is 0.138 e. The highest BCUT2D eigenvalue weighted by atomic mass is 32.1. The third kappa shape index (κ3) is 2.72. The van der Waals surface area contributed by atoms with Gasteiger partial charge < -0.3 is 9.72 Å². The van der Waals surface area contributed by atoms with E-state index in [0.717, 1.165) is 34.1 Å². The van der Waals surface area contributed by atoms with E-state index in [9.17, 15) is 0 Å². The van der Waals surface area contributed by atoms with Gasteiger partial charge in [0.1, 0.15) is 11.6 Å². The molecule has 0 saturated heterocycles. The van der Waals surface area contributed by atoms with Gasteiger partial charge in [-0.1, -0.05) is 48.5 Å². The molecule has 0 spiro atoms. The molecular weight excluding hydrogens is 316 g/mol. The van der Waals surface area contributed by atoms with Crippen molar-refractivity contribution >= 4 is 11.3 Å². The molecule has 0 saturated carbocycles. The molecule has 1 N–H and O–H groups in total. The normalized spacial score (nSPS) is 10.7. The van der Waals surface area contributed by atoms with Gasteiger partial charge in [0.2, 0.25) is 0 Å². The van der Waals surface area contributed by atoms with Gasteiger partial charge in [-0.3, -0.25) is 0 Å². The minimum Gasteiger partial charge on any atom is -0.497 e. The van der Waals surface area contributed by atoms with E-state index >= 15 is 0 Å². The number of ether oxygens (including phenoxy) is 1. The number of H-pyrrole nitrogens is 1. The molecule has 0 unspecified atom stereocenters. The number of benzene rings is 2. The molecule has 0 aliphatic carbocycles. The van der Waals surface area contributed by atoms with Crippen LogP contribution in [0.15, 0.2) is 72.1 Å². The lowest BCUT2D eigenvalue weighted by Gasteiger charge is -2.01. The van der Waals surface area contributed by atoms with Crippen LogP contribution in [0.5, 0.6) is 5.75 Å². The monoisotopic (exact) mass is 332 g/mol. The van der Waals surface area contributed by atoms with Crippen molar-refractivity contribution in [2.24, 2.45) is 0 Å². The maximum Gasteiger partial charge on any atom is 0.138 e. The van der Waals surface area contributed by atoms with Gasteiger partial charge >= 0.3 is 0 Å². The van der Waals surface area contributed by atoms with Crippen LogP contribution in [-0.2, 0) is 0 Å². The fraction of sp³-hybridized carbons (Fsp3) is 0.0500. The highest BCUT2D eigenvalue weighted by molar-refractivity contribution is 7.13. The number of methoxy groups -OCH3 is 1. The number of nitrogens with one attached hydrogen (secondary N) is 1. The van der Waals surface area contributed by atoms with E-state index in [4.69, 9.17) is 9.72 Å². The second-order valence-corrected chi connectivity index (χ2v) is 6.33. The Kier molecular flexibility index (Phi) is 3.89. The SMILES string of the molecule is COc1cccc(-c2nc(-c3ccccc3)c(-c3cccs3)[nH]2)c1. The van der Waals surface area contributed by atoms with Crippen molar-refractivity contribution in [2.45, 2.75) is 0 Å². The highest BCUT2D eigenvalue weighted by Crippen LogP contribution is 2.35. The minimum atomic E-state index is 0.822. The van der Waals surface area contributed by atoms with Crippen LogP contribution >= 0.6 is 11.3 Å². The Morgan fingerprint density at radius 2 is 1.75 bits per heavy atom. The molecular formula is C20H16N2OS. The van der Waals surface area contributed by atoms with Crippen LogP contribution < -0.4 is 4.74 Å². The average molecular weight is 332 g/mol. The molecule has 2 aromatic carbocycles. The van der Waals surface area contributed by atoms with Crippen LogP contribution in [0, 0.1) is 0 Å². The van der Waals surface area contributed by atoms with Crippen molar-refractivity contribution in [1.82, 2.24) is 9.97 Å². The second-order valence-electron chi connectivity index (χ2n) is 5.38. The summed E-state index contributed by atoms with van der Waals surface area (Å²) < 4.78 is 5.33. The number of hydrogen-bond donors (Lipinski definition) is 1. The first-order valence-electron chi connectivity index (χ1n) is 7.69. The van der Waals surface area contributed by atoms with Crippen LogP contribution in [0.25, 0.3) is 33.2 Å². The molecule has 0 aliphatic rings. The van der Waals surface area contributed by atoms with E-state index in [1.54, 1.807) is 18.4 Å². The quantitative estimate of drug-likeness (QED) is 0.537. The maximum atomic E-state index is 5.33. The molecule has 0 bridgehead atoms. The summed E-state index contributed by atoms with van der Waals surface area (Å²) in [6.07, 6.45) is 0. The highest BCUT2D eigenvalue weighted by Gasteiger charge is 2.16. The van der Waals surface area contributed by atoms with E-state index in [-0.39, 0.29) is 0 Å². The molecule has 24 heavy (non-hydrogen) atoms. The fourth-order valence-corrected chi connectivity index (χ4v) is 3.41. The van der Waals surface area contributed by atoms with Crippen LogP contribution in [0.1, 0.15) is 0 Å². The second kappa shape index (κ2) is 6.34. The Bertz CT molecular complexity index is 943. The number of thiophene rings is 1. The summed E-state index contributed by atoms with van der Waals surface area (Å²) in [7, 11) is 1.67. The van der Waals surface area contributed by atoms with Crippen molar-refractivity contribution < 1.29 is 4.74 Å². The van der Waals surface area contributed by atoms with Gasteiger partial charge in [0.25, 0.3) is 0 Å². The zero-order valence-corrected chi connectivity index (χ0v) is 14.0. The van der Waals surface area contributed by atoms with Gasteiger partial charge in [-0.15, -0.1) is 11.3 Å². The topological polar surface area (TPSA) is 37.9 Å². The Morgan fingerprint density at radius 1 is 0.917 bits per heavy atom. The number of aromatic amines is 1. The van der Waals surface area contributed by atoms with Gasteiger partial charge in [-0.2, -0.15) is 0 Å². The zero-order chi connectivity index (χ0) is 16.4. The van der Waals surface area contributed by atoms with Crippen molar-refractivity contribution in [3.63, 3.8) is 0 Å². The molecule has 4 aromatic rings. The lowest BCUT2D eigenvalue weighted by molar-refractivity contribution is 0.415. The van der Waals surface area contributed by atoms with Crippen LogP contribution in [0.3, 0.4) is 0 Å².